The smallest absolute Gasteiger partial charge is 0.409 e. The molecule has 0 fully saturated rings. The van der Waals surface area contributed by atoms with E-state index in [4.69, 9.17) is 10.2 Å². The summed E-state index contributed by atoms with van der Waals surface area (Å²) in [5.41, 5.74) is 0.432. The maximum absolute atomic E-state index is 10.2. The first kappa shape index (κ1) is 9.50. The molecule has 4 nitrogen and oxygen atoms in total. The average molecular weight is 252 g/mol. The van der Waals surface area contributed by atoms with Crippen LogP contribution < -0.4 is 5.32 Å². The van der Waals surface area contributed by atoms with Crippen molar-refractivity contribution >= 4 is 39.0 Å². The Balaban J connectivity index is 2.89. The Labute approximate surface area is 81.0 Å². The van der Waals surface area contributed by atoms with Crippen LogP contribution in [-0.4, -0.2) is 16.3 Å². The molecule has 3 N–H and O–H groups in total. The fourth-order valence-electron chi connectivity index (χ4n) is 0.735. The van der Waals surface area contributed by atoms with Crippen LogP contribution in [0.2, 0.25) is 0 Å². The van der Waals surface area contributed by atoms with Gasteiger partial charge in [-0.3, -0.25) is 5.32 Å². The van der Waals surface area contributed by atoms with Crippen LogP contribution in [0.1, 0.15) is 4.88 Å². The highest BCUT2D eigenvalue weighted by molar-refractivity contribution is 9.11. The summed E-state index contributed by atoms with van der Waals surface area (Å²) in [7, 11) is 0. The van der Waals surface area contributed by atoms with Crippen molar-refractivity contribution in [3.63, 3.8) is 0 Å². The predicted molar refractivity (Wildman–Crippen MR) is 49.6 cm³/mol. The Morgan fingerprint density at radius 2 is 2.42 bits per heavy atom. The monoisotopic (exact) mass is 251 g/mol. The molecule has 0 spiro atoms. The third-order valence-corrected chi connectivity index (χ3v) is 2.79. The summed E-state index contributed by atoms with van der Waals surface area (Å²) in [6, 6.07) is 1.62. The van der Waals surface area contributed by atoms with Crippen molar-refractivity contribution in [2.45, 2.75) is 6.61 Å². The highest BCUT2D eigenvalue weighted by Gasteiger charge is 2.08. The number of hydrogen-bond acceptors (Lipinski definition) is 3. The minimum Gasteiger partial charge on any atom is -0.465 e. The van der Waals surface area contributed by atoms with Crippen LogP contribution in [0, 0.1) is 0 Å². The molecule has 0 aliphatic rings. The molecule has 1 amide bonds. The van der Waals surface area contributed by atoms with Crippen molar-refractivity contribution < 1.29 is 15.0 Å². The molecule has 1 aromatic heterocycles. The van der Waals surface area contributed by atoms with Crippen molar-refractivity contribution in [3.05, 3.63) is 14.7 Å². The van der Waals surface area contributed by atoms with Crippen molar-refractivity contribution in [2.75, 3.05) is 5.32 Å². The molecule has 0 unspecified atom stereocenters. The SMILES string of the molecule is O=C(O)Nc1cc(Br)sc1CO. The van der Waals surface area contributed by atoms with Gasteiger partial charge in [-0.1, -0.05) is 0 Å². The van der Waals surface area contributed by atoms with E-state index in [1.807, 2.05) is 0 Å². The second-order valence-corrected chi connectivity index (χ2v) is 4.49. The van der Waals surface area contributed by atoms with E-state index in [9.17, 15) is 4.79 Å². The van der Waals surface area contributed by atoms with Gasteiger partial charge in [0.15, 0.2) is 0 Å². The molecule has 0 atom stereocenters. The number of amides is 1. The first-order valence-corrected chi connectivity index (χ1v) is 4.63. The zero-order valence-corrected chi connectivity index (χ0v) is 8.28. The molecule has 1 rings (SSSR count). The normalized spacial score (nSPS) is 9.83. The summed E-state index contributed by atoms with van der Waals surface area (Å²) >= 11 is 4.49. The van der Waals surface area contributed by atoms with E-state index in [1.165, 1.54) is 11.3 Å². The zero-order chi connectivity index (χ0) is 9.14. The maximum Gasteiger partial charge on any atom is 0.409 e. The minimum atomic E-state index is -1.13. The number of aliphatic hydroxyl groups is 1. The number of nitrogens with one attached hydrogen (secondary N) is 1. The fraction of sp³-hybridized carbons (Fsp3) is 0.167. The van der Waals surface area contributed by atoms with E-state index in [1.54, 1.807) is 6.07 Å². The molecule has 0 saturated carbocycles. The summed E-state index contributed by atoms with van der Waals surface area (Å²) in [6.07, 6.45) is -1.13. The molecule has 0 saturated heterocycles. The third-order valence-electron chi connectivity index (χ3n) is 1.16. The van der Waals surface area contributed by atoms with Crippen LogP contribution in [0.15, 0.2) is 9.85 Å². The lowest BCUT2D eigenvalue weighted by molar-refractivity contribution is 0.209. The molecule has 1 heterocycles. The summed E-state index contributed by atoms with van der Waals surface area (Å²) < 4.78 is 0.787. The van der Waals surface area contributed by atoms with Crippen molar-refractivity contribution in [2.24, 2.45) is 0 Å². The van der Waals surface area contributed by atoms with E-state index >= 15 is 0 Å². The second kappa shape index (κ2) is 3.88. The topological polar surface area (TPSA) is 69.6 Å². The van der Waals surface area contributed by atoms with Gasteiger partial charge in [-0.2, -0.15) is 0 Å². The van der Waals surface area contributed by atoms with E-state index in [0.717, 1.165) is 3.79 Å². The van der Waals surface area contributed by atoms with Crippen LogP contribution in [0.25, 0.3) is 0 Å². The first-order chi connectivity index (χ1) is 5.63. The number of thiophene rings is 1. The lowest BCUT2D eigenvalue weighted by Crippen LogP contribution is -2.07. The molecule has 0 bridgehead atoms. The number of halogens is 1. The molecule has 6 heteroatoms. The van der Waals surface area contributed by atoms with Gasteiger partial charge in [0.2, 0.25) is 0 Å². The Morgan fingerprint density at radius 1 is 1.75 bits per heavy atom. The van der Waals surface area contributed by atoms with Gasteiger partial charge in [-0.25, -0.2) is 4.79 Å². The Bertz CT molecular complexity index is 299. The van der Waals surface area contributed by atoms with Gasteiger partial charge in [0, 0.05) is 0 Å². The van der Waals surface area contributed by atoms with Gasteiger partial charge in [-0.05, 0) is 22.0 Å². The van der Waals surface area contributed by atoms with E-state index in [0.29, 0.717) is 10.6 Å². The van der Waals surface area contributed by atoms with Crippen molar-refractivity contribution in [1.82, 2.24) is 0 Å². The molecule has 1 aromatic rings. The number of anilines is 1. The van der Waals surface area contributed by atoms with Crippen LogP contribution in [0.4, 0.5) is 10.5 Å². The number of hydrogen-bond donors (Lipinski definition) is 3. The Morgan fingerprint density at radius 3 is 2.92 bits per heavy atom. The summed E-state index contributed by atoms with van der Waals surface area (Å²) in [5, 5.41) is 19.4. The molecular weight excluding hydrogens is 246 g/mol. The van der Waals surface area contributed by atoms with Crippen LogP contribution in [0.5, 0.6) is 0 Å². The fourth-order valence-corrected chi connectivity index (χ4v) is 2.25. The maximum atomic E-state index is 10.2. The lowest BCUT2D eigenvalue weighted by Gasteiger charge is -1.98. The molecule has 12 heavy (non-hydrogen) atoms. The number of carbonyl (C=O) groups is 1. The third kappa shape index (κ3) is 2.20. The van der Waals surface area contributed by atoms with Crippen LogP contribution >= 0.6 is 27.3 Å². The number of carboxylic acid groups (broad SMARTS) is 1. The van der Waals surface area contributed by atoms with Gasteiger partial charge in [0.1, 0.15) is 0 Å². The lowest BCUT2D eigenvalue weighted by atomic mass is 10.4. The highest BCUT2D eigenvalue weighted by atomic mass is 79.9. The molecular formula is C6H6BrNO3S. The summed E-state index contributed by atoms with van der Waals surface area (Å²) in [6.45, 7) is -0.161. The molecule has 0 aliphatic carbocycles. The summed E-state index contributed by atoms with van der Waals surface area (Å²) in [4.78, 5) is 10.8. The van der Waals surface area contributed by atoms with Gasteiger partial charge < -0.3 is 10.2 Å². The van der Waals surface area contributed by atoms with Crippen LogP contribution in [0.3, 0.4) is 0 Å². The van der Waals surface area contributed by atoms with Gasteiger partial charge >= 0.3 is 6.09 Å². The Hall–Kier alpha value is -0.590. The Kier molecular flexibility index (Phi) is 3.07. The van der Waals surface area contributed by atoms with E-state index in [-0.39, 0.29) is 6.61 Å². The van der Waals surface area contributed by atoms with Gasteiger partial charge in [0.05, 0.1) is 21.0 Å². The summed E-state index contributed by atoms with van der Waals surface area (Å²) in [5.74, 6) is 0. The van der Waals surface area contributed by atoms with Crippen molar-refractivity contribution in [1.29, 1.82) is 0 Å². The average Bonchev–Trinajstić information content (AvgIpc) is 2.29. The van der Waals surface area contributed by atoms with E-state index < -0.39 is 6.09 Å². The molecule has 66 valence electrons. The number of aliphatic hydroxyl groups excluding tert-OH is 1. The van der Waals surface area contributed by atoms with Crippen LogP contribution in [-0.2, 0) is 6.61 Å². The standard InChI is InChI=1S/C6H6BrNO3S/c7-5-1-3(8-6(10)11)4(2-9)12-5/h1,8-9H,2H2,(H,10,11). The second-order valence-electron chi connectivity index (χ2n) is 1.98. The van der Waals surface area contributed by atoms with Gasteiger partial charge in [0.25, 0.3) is 0 Å². The first-order valence-electron chi connectivity index (χ1n) is 3.02. The molecule has 0 aromatic carbocycles. The predicted octanol–water partition coefficient (Wildman–Crippen LogP) is 2.09. The highest BCUT2D eigenvalue weighted by Crippen LogP contribution is 2.31. The molecule has 0 radical (unpaired) electrons. The largest absolute Gasteiger partial charge is 0.465 e. The van der Waals surface area contributed by atoms with Crippen molar-refractivity contribution in [3.8, 4) is 0 Å². The minimum absolute atomic E-state index is 0.161. The van der Waals surface area contributed by atoms with E-state index in [2.05, 4.69) is 21.2 Å². The quantitative estimate of drug-likeness (QED) is 0.754. The number of rotatable bonds is 2. The molecule has 0 aliphatic heterocycles. The zero-order valence-electron chi connectivity index (χ0n) is 5.87. The van der Waals surface area contributed by atoms with Gasteiger partial charge in [-0.15, -0.1) is 11.3 Å².